The molecular weight excluding hydrogens is 356 g/mol. The number of hydrogen-bond donors (Lipinski definition) is 1. The maximum atomic E-state index is 12.6. The monoisotopic (exact) mass is 374 g/mol. The van der Waals surface area contributed by atoms with E-state index in [1.807, 2.05) is 18.2 Å². The number of amides is 1. The van der Waals surface area contributed by atoms with Crippen molar-refractivity contribution in [3.05, 3.63) is 42.4 Å². The highest BCUT2D eigenvalue weighted by molar-refractivity contribution is 7.92. The molecule has 1 aromatic carbocycles. The van der Waals surface area contributed by atoms with Crippen LogP contribution in [0.2, 0.25) is 0 Å². The molecule has 4 rings (SSSR count). The van der Waals surface area contributed by atoms with Crippen LogP contribution >= 0.6 is 0 Å². The lowest BCUT2D eigenvalue weighted by Gasteiger charge is -2.37. The molecule has 8 nitrogen and oxygen atoms in total. The maximum Gasteiger partial charge on any atom is 0.270 e. The van der Waals surface area contributed by atoms with Crippen molar-refractivity contribution in [2.45, 2.75) is 10.4 Å². The van der Waals surface area contributed by atoms with Crippen molar-refractivity contribution in [1.29, 1.82) is 0 Å². The van der Waals surface area contributed by atoms with E-state index >= 15 is 0 Å². The second-order valence-corrected chi connectivity index (χ2v) is 8.46. The highest BCUT2D eigenvalue weighted by Crippen LogP contribution is 2.26. The van der Waals surface area contributed by atoms with Crippen LogP contribution in [0, 0.1) is 0 Å². The fraction of sp³-hybridized carbons (Fsp3) is 0.294. The van der Waals surface area contributed by atoms with Crippen LogP contribution in [-0.4, -0.2) is 59.2 Å². The number of carbonyl (C=O) groups excluding carboxylic acids is 1. The van der Waals surface area contributed by atoms with Gasteiger partial charge in [0.05, 0.1) is 7.11 Å². The molecule has 0 saturated carbocycles. The summed E-state index contributed by atoms with van der Waals surface area (Å²) in [5.41, 5.74) is 1.23. The quantitative estimate of drug-likeness (QED) is 0.740. The number of aromatic nitrogens is 3. The predicted octanol–water partition coefficient (Wildman–Crippen LogP) is 1.21. The minimum Gasteiger partial charge on any atom is -0.497 e. The zero-order valence-corrected chi connectivity index (χ0v) is 15.2. The molecular formula is C17H18N4O4S. The number of sulfone groups is 1. The van der Waals surface area contributed by atoms with Crippen molar-refractivity contribution in [3.8, 4) is 5.75 Å². The zero-order valence-electron chi connectivity index (χ0n) is 14.3. The minimum absolute atomic E-state index is 0.0345. The Balaban J connectivity index is 1.50. The molecule has 3 heterocycles. The first-order chi connectivity index (χ1) is 12.4. The van der Waals surface area contributed by atoms with E-state index in [0.29, 0.717) is 11.4 Å². The molecule has 3 aromatic rings. The Bertz CT molecular complexity index is 1090. The Hall–Kier alpha value is -2.81. The van der Waals surface area contributed by atoms with Gasteiger partial charge in [0.1, 0.15) is 16.7 Å². The summed E-state index contributed by atoms with van der Waals surface area (Å²) in [6.45, 7) is 0.319. The molecule has 0 unspecified atom stereocenters. The van der Waals surface area contributed by atoms with Crippen molar-refractivity contribution in [2.24, 2.45) is 7.05 Å². The van der Waals surface area contributed by atoms with Crippen LogP contribution in [0.4, 0.5) is 0 Å². The number of aromatic amines is 1. The molecule has 136 valence electrons. The van der Waals surface area contributed by atoms with Gasteiger partial charge in [-0.3, -0.25) is 4.79 Å². The smallest absolute Gasteiger partial charge is 0.270 e. The van der Waals surface area contributed by atoms with Gasteiger partial charge in [-0.05, 0) is 18.2 Å². The van der Waals surface area contributed by atoms with Gasteiger partial charge in [-0.1, -0.05) is 0 Å². The lowest BCUT2D eigenvalue weighted by molar-refractivity contribution is 0.0653. The Morgan fingerprint density at radius 3 is 2.73 bits per heavy atom. The number of ether oxygens (including phenoxy) is 1. The second-order valence-electron chi connectivity index (χ2n) is 6.33. The number of rotatable bonds is 4. The second kappa shape index (κ2) is 5.87. The number of imidazole rings is 1. The first kappa shape index (κ1) is 16.6. The number of benzene rings is 1. The number of methoxy groups -OCH3 is 1. The van der Waals surface area contributed by atoms with E-state index in [1.54, 1.807) is 26.4 Å². The average Bonchev–Trinajstić information content (AvgIpc) is 3.18. The van der Waals surface area contributed by atoms with E-state index in [1.165, 1.54) is 15.7 Å². The standard InChI is InChI=1S/C17H18N4O4S/c1-20-6-5-18-17(20)26(23,24)13-9-21(10-13)16(22)15-7-11-3-4-12(25-2)8-14(11)19-15/h3-8,13,19H,9-10H2,1-2H3. The number of nitrogens with one attached hydrogen (secondary N) is 1. The zero-order chi connectivity index (χ0) is 18.5. The Morgan fingerprint density at radius 2 is 2.08 bits per heavy atom. The van der Waals surface area contributed by atoms with E-state index in [4.69, 9.17) is 4.74 Å². The van der Waals surface area contributed by atoms with Gasteiger partial charge >= 0.3 is 0 Å². The molecule has 9 heteroatoms. The van der Waals surface area contributed by atoms with Crippen LogP contribution in [0.15, 0.2) is 41.8 Å². The van der Waals surface area contributed by atoms with Crippen molar-refractivity contribution in [3.63, 3.8) is 0 Å². The predicted molar refractivity (Wildman–Crippen MR) is 94.9 cm³/mol. The normalized spacial score (nSPS) is 15.2. The van der Waals surface area contributed by atoms with Crippen LogP contribution in [0.1, 0.15) is 10.5 Å². The number of fused-ring (bicyclic) bond motifs is 1. The van der Waals surface area contributed by atoms with E-state index in [9.17, 15) is 13.2 Å². The summed E-state index contributed by atoms with van der Waals surface area (Å²) >= 11 is 0. The van der Waals surface area contributed by atoms with Gasteiger partial charge in [-0.2, -0.15) is 0 Å². The van der Waals surface area contributed by atoms with Gasteiger partial charge in [-0.15, -0.1) is 0 Å². The maximum absolute atomic E-state index is 12.6. The molecule has 0 atom stereocenters. The van der Waals surface area contributed by atoms with E-state index in [2.05, 4.69) is 9.97 Å². The molecule has 1 saturated heterocycles. The number of H-pyrrole nitrogens is 1. The van der Waals surface area contributed by atoms with Crippen molar-refractivity contribution in [1.82, 2.24) is 19.4 Å². The first-order valence-electron chi connectivity index (χ1n) is 8.07. The van der Waals surface area contributed by atoms with E-state index in [-0.39, 0.29) is 24.2 Å². The Kier molecular flexibility index (Phi) is 3.76. The third-order valence-electron chi connectivity index (χ3n) is 4.67. The van der Waals surface area contributed by atoms with Gasteiger partial charge in [0.15, 0.2) is 0 Å². The van der Waals surface area contributed by atoms with Crippen molar-refractivity contribution in [2.75, 3.05) is 20.2 Å². The SMILES string of the molecule is COc1ccc2cc(C(=O)N3CC(S(=O)(=O)c4nccn4C)C3)[nH]c2c1. The summed E-state index contributed by atoms with van der Waals surface area (Å²) in [5, 5.41) is 0.302. The number of nitrogens with zero attached hydrogens (tertiary/aromatic N) is 3. The highest BCUT2D eigenvalue weighted by atomic mass is 32.2. The van der Waals surface area contributed by atoms with Crippen molar-refractivity contribution < 1.29 is 17.9 Å². The number of hydrogen-bond acceptors (Lipinski definition) is 5. The summed E-state index contributed by atoms with van der Waals surface area (Å²) in [4.78, 5) is 21.1. The molecule has 26 heavy (non-hydrogen) atoms. The molecule has 1 aliphatic heterocycles. The molecule has 1 fully saturated rings. The summed E-state index contributed by atoms with van der Waals surface area (Å²) < 4.78 is 31.8. The molecule has 0 bridgehead atoms. The number of aryl methyl sites for hydroxylation is 1. The lowest BCUT2D eigenvalue weighted by atomic mass is 10.2. The first-order valence-corrected chi connectivity index (χ1v) is 9.62. The van der Waals surface area contributed by atoms with Gasteiger partial charge in [0.25, 0.3) is 5.91 Å². The van der Waals surface area contributed by atoms with Gasteiger partial charge in [0, 0.05) is 49.5 Å². The number of carbonyl (C=O) groups is 1. The van der Waals surface area contributed by atoms with Crippen LogP contribution in [-0.2, 0) is 16.9 Å². The fourth-order valence-electron chi connectivity index (χ4n) is 3.09. The molecule has 1 amide bonds. The largest absolute Gasteiger partial charge is 0.497 e. The van der Waals surface area contributed by atoms with E-state index in [0.717, 1.165) is 10.9 Å². The van der Waals surface area contributed by atoms with Crippen LogP contribution in [0.3, 0.4) is 0 Å². The van der Waals surface area contributed by atoms with Crippen LogP contribution in [0.25, 0.3) is 10.9 Å². The van der Waals surface area contributed by atoms with E-state index < -0.39 is 15.1 Å². The molecule has 1 aliphatic rings. The molecule has 0 radical (unpaired) electrons. The fourth-order valence-corrected chi connectivity index (χ4v) is 4.81. The summed E-state index contributed by atoms with van der Waals surface area (Å²) in [6, 6.07) is 7.27. The van der Waals surface area contributed by atoms with Gasteiger partial charge in [-0.25, -0.2) is 13.4 Å². The third kappa shape index (κ3) is 2.55. The summed E-state index contributed by atoms with van der Waals surface area (Å²) in [5.74, 6) is 0.481. The Labute approximate surface area is 150 Å². The van der Waals surface area contributed by atoms with Gasteiger partial charge < -0.3 is 19.2 Å². The van der Waals surface area contributed by atoms with Crippen molar-refractivity contribution >= 4 is 26.6 Å². The molecule has 1 N–H and O–H groups in total. The molecule has 2 aromatic heterocycles. The summed E-state index contributed by atoms with van der Waals surface area (Å²) in [6.07, 6.45) is 3.04. The molecule has 0 spiro atoms. The average molecular weight is 374 g/mol. The lowest BCUT2D eigenvalue weighted by Crippen LogP contribution is -2.57. The third-order valence-corrected chi connectivity index (χ3v) is 6.74. The van der Waals surface area contributed by atoms with Crippen LogP contribution < -0.4 is 4.74 Å². The van der Waals surface area contributed by atoms with Gasteiger partial charge in [0.2, 0.25) is 15.0 Å². The minimum atomic E-state index is -3.54. The Morgan fingerprint density at radius 1 is 1.31 bits per heavy atom. The number of likely N-dealkylation sites (tertiary alicyclic amines) is 1. The highest BCUT2D eigenvalue weighted by Gasteiger charge is 2.42. The molecule has 0 aliphatic carbocycles. The van der Waals surface area contributed by atoms with Crippen LogP contribution in [0.5, 0.6) is 5.75 Å². The summed E-state index contributed by atoms with van der Waals surface area (Å²) in [7, 11) is -0.320. The topological polar surface area (TPSA) is 97.3 Å².